The number of aryl methyl sites for hydroxylation is 1. The first-order valence-corrected chi connectivity index (χ1v) is 7.74. The normalized spacial score (nSPS) is 15.6. The Kier molecular flexibility index (Phi) is 4.17. The van der Waals surface area contributed by atoms with Crippen molar-refractivity contribution in [2.75, 3.05) is 6.54 Å². The van der Waals surface area contributed by atoms with Gasteiger partial charge in [0.05, 0.1) is 4.90 Å². The number of hydrogen-bond donors (Lipinski definition) is 1. The molecule has 0 amide bonds. The van der Waals surface area contributed by atoms with Gasteiger partial charge in [0.25, 0.3) is 0 Å². The Hall–Kier alpha value is -1.46. The molecule has 19 heavy (non-hydrogen) atoms. The van der Waals surface area contributed by atoms with E-state index >= 15 is 0 Å². The fraction of sp³-hybridized carbons (Fsp3) is 0.357. The zero-order valence-electron chi connectivity index (χ0n) is 10.8. The maximum Gasteiger partial charge on any atom is 0.240 e. The van der Waals surface area contributed by atoms with E-state index < -0.39 is 10.0 Å². The molecule has 0 aliphatic heterocycles. The molecule has 2 rings (SSSR count). The maximum absolute atomic E-state index is 12.0. The van der Waals surface area contributed by atoms with Crippen molar-refractivity contribution in [3.63, 3.8) is 0 Å². The molecular weight excluding hydrogens is 262 g/mol. The molecule has 1 aliphatic carbocycles. The number of hydrogen-bond acceptors (Lipinski definition) is 3. The largest absolute Gasteiger partial charge is 0.295 e. The van der Waals surface area contributed by atoms with E-state index in [-0.39, 0.29) is 10.7 Å². The Morgan fingerprint density at radius 1 is 1.16 bits per heavy atom. The SMILES string of the molecule is Cc1ccc(S(=O)(=O)NCCC2=CC(=O)CC2)cc1. The lowest BCUT2D eigenvalue weighted by molar-refractivity contribution is -0.114. The number of benzene rings is 1. The van der Waals surface area contributed by atoms with Crippen LogP contribution >= 0.6 is 0 Å². The van der Waals surface area contributed by atoms with Crippen LogP contribution in [-0.2, 0) is 14.8 Å². The Bertz CT molecular complexity index is 600. The van der Waals surface area contributed by atoms with Gasteiger partial charge in [0, 0.05) is 13.0 Å². The van der Waals surface area contributed by atoms with E-state index in [1.165, 1.54) is 0 Å². The van der Waals surface area contributed by atoms with E-state index in [0.717, 1.165) is 17.6 Å². The van der Waals surface area contributed by atoms with Crippen molar-refractivity contribution in [1.82, 2.24) is 4.72 Å². The van der Waals surface area contributed by atoms with Crippen molar-refractivity contribution in [3.05, 3.63) is 41.5 Å². The number of sulfonamides is 1. The highest BCUT2D eigenvalue weighted by Crippen LogP contribution is 2.18. The molecule has 1 aromatic carbocycles. The molecule has 102 valence electrons. The monoisotopic (exact) mass is 279 g/mol. The highest BCUT2D eigenvalue weighted by molar-refractivity contribution is 7.89. The molecule has 0 atom stereocenters. The molecule has 1 aromatic rings. The Morgan fingerprint density at radius 2 is 1.84 bits per heavy atom. The van der Waals surface area contributed by atoms with Crippen LogP contribution in [0.5, 0.6) is 0 Å². The zero-order valence-corrected chi connectivity index (χ0v) is 11.7. The topological polar surface area (TPSA) is 63.2 Å². The Morgan fingerprint density at radius 3 is 2.42 bits per heavy atom. The Labute approximate surface area is 113 Å². The van der Waals surface area contributed by atoms with Crippen LogP contribution in [0.25, 0.3) is 0 Å². The molecule has 0 unspecified atom stereocenters. The minimum Gasteiger partial charge on any atom is -0.295 e. The lowest BCUT2D eigenvalue weighted by Crippen LogP contribution is -2.25. The molecule has 0 heterocycles. The fourth-order valence-corrected chi connectivity index (χ4v) is 3.03. The standard InChI is InChI=1S/C14H17NO3S/c1-11-2-6-14(7-3-11)19(17,18)15-9-8-12-4-5-13(16)10-12/h2-3,6-7,10,15H,4-5,8-9H2,1H3. The lowest BCUT2D eigenvalue weighted by atomic mass is 10.2. The van der Waals surface area contributed by atoms with Gasteiger partial charge in [-0.05, 0) is 38.0 Å². The number of rotatable bonds is 5. The molecule has 0 aromatic heterocycles. The summed E-state index contributed by atoms with van der Waals surface area (Å²) in [5.41, 5.74) is 2.05. The third-order valence-electron chi connectivity index (χ3n) is 3.13. The second kappa shape index (κ2) is 5.67. The molecule has 0 radical (unpaired) electrons. The summed E-state index contributed by atoms with van der Waals surface area (Å²) in [6.07, 6.45) is 3.53. The van der Waals surface area contributed by atoms with Gasteiger partial charge in [-0.1, -0.05) is 23.3 Å². The van der Waals surface area contributed by atoms with Gasteiger partial charge in [0.2, 0.25) is 10.0 Å². The van der Waals surface area contributed by atoms with E-state index in [1.807, 2.05) is 6.92 Å². The van der Waals surface area contributed by atoms with Crippen molar-refractivity contribution in [2.45, 2.75) is 31.1 Å². The summed E-state index contributed by atoms with van der Waals surface area (Å²) >= 11 is 0. The van der Waals surface area contributed by atoms with Crippen molar-refractivity contribution < 1.29 is 13.2 Å². The molecule has 1 N–H and O–H groups in total. The smallest absolute Gasteiger partial charge is 0.240 e. The molecule has 0 saturated carbocycles. The van der Waals surface area contributed by atoms with Gasteiger partial charge in [-0.25, -0.2) is 13.1 Å². The summed E-state index contributed by atoms with van der Waals surface area (Å²) in [7, 11) is -3.44. The van der Waals surface area contributed by atoms with Gasteiger partial charge < -0.3 is 0 Å². The van der Waals surface area contributed by atoms with Crippen LogP contribution in [-0.4, -0.2) is 20.7 Å². The van der Waals surface area contributed by atoms with Gasteiger partial charge in [-0.2, -0.15) is 0 Å². The van der Waals surface area contributed by atoms with Crippen molar-refractivity contribution in [3.8, 4) is 0 Å². The van der Waals surface area contributed by atoms with Crippen molar-refractivity contribution >= 4 is 15.8 Å². The maximum atomic E-state index is 12.0. The molecule has 0 fully saturated rings. The van der Waals surface area contributed by atoms with Crippen LogP contribution in [0.3, 0.4) is 0 Å². The second-order valence-electron chi connectivity index (χ2n) is 4.73. The molecule has 1 aliphatic rings. The van der Waals surface area contributed by atoms with Crippen LogP contribution in [0.4, 0.5) is 0 Å². The van der Waals surface area contributed by atoms with Crippen LogP contribution < -0.4 is 4.72 Å². The van der Waals surface area contributed by atoms with Crippen molar-refractivity contribution in [1.29, 1.82) is 0 Å². The van der Waals surface area contributed by atoms with E-state index in [4.69, 9.17) is 0 Å². The minimum atomic E-state index is -3.44. The van der Waals surface area contributed by atoms with Crippen LogP contribution in [0, 0.1) is 6.92 Å². The first-order valence-electron chi connectivity index (χ1n) is 6.26. The van der Waals surface area contributed by atoms with Gasteiger partial charge in [-0.15, -0.1) is 0 Å². The van der Waals surface area contributed by atoms with Crippen molar-refractivity contribution in [2.24, 2.45) is 0 Å². The minimum absolute atomic E-state index is 0.136. The number of ketones is 1. The number of carbonyl (C=O) groups excluding carboxylic acids is 1. The summed E-state index contributed by atoms with van der Waals surface area (Å²) in [6, 6.07) is 6.73. The Balaban J connectivity index is 1.93. The molecule has 0 bridgehead atoms. The van der Waals surface area contributed by atoms with Gasteiger partial charge in [0.15, 0.2) is 5.78 Å². The highest BCUT2D eigenvalue weighted by Gasteiger charge is 2.15. The van der Waals surface area contributed by atoms with E-state index in [9.17, 15) is 13.2 Å². The molecular formula is C14H17NO3S. The lowest BCUT2D eigenvalue weighted by Gasteiger charge is -2.07. The van der Waals surface area contributed by atoms with Crippen LogP contribution in [0.2, 0.25) is 0 Å². The number of nitrogens with one attached hydrogen (secondary N) is 1. The van der Waals surface area contributed by atoms with Gasteiger partial charge >= 0.3 is 0 Å². The highest BCUT2D eigenvalue weighted by atomic mass is 32.2. The summed E-state index contributed by atoms with van der Waals surface area (Å²) in [5.74, 6) is 0.136. The van der Waals surface area contributed by atoms with E-state index in [2.05, 4.69) is 4.72 Å². The molecule has 4 nitrogen and oxygen atoms in total. The molecule has 0 saturated heterocycles. The second-order valence-corrected chi connectivity index (χ2v) is 6.50. The van der Waals surface area contributed by atoms with Crippen LogP contribution in [0.15, 0.2) is 40.8 Å². The summed E-state index contributed by atoms with van der Waals surface area (Å²) in [6.45, 7) is 2.24. The third kappa shape index (κ3) is 3.75. The number of allylic oxidation sites excluding steroid dienone is 1. The first-order chi connectivity index (χ1) is 8.97. The van der Waals surface area contributed by atoms with E-state index in [0.29, 0.717) is 19.4 Å². The molecule has 5 heteroatoms. The third-order valence-corrected chi connectivity index (χ3v) is 4.60. The van der Waals surface area contributed by atoms with E-state index in [1.54, 1.807) is 30.3 Å². The summed E-state index contributed by atoms with van der Waals surface area (Å²) in [4.78, 5) is 11.3. The first kappa shape index (κ1) is 14.0. The predicted octanol–water partition coefficient (Wildman–Crippen LogP) is 1.95. The zero-order chi connectivity index (χ0) is 13.9. The average Bonchev–Trinajstić information content (AvgIpc) is 2.75. The fourth-order valence-electron chi connectivity index (χ4n) is 2.00. The summed E-state index contributed by atoms with van der Waals surface area (Å²) in [5, 5.41) is 0. The van der Waals surface area contributed by atoms with Crippen LogP contribution in [0.1, 0.15) is 24.8 Å². The van der Waals surface area contributed by atoms with Gasteiger partial charge in [-0.3, -0.25) is 4.79 Å². The van der Waals surface area contributed by atoms with Gasteiger partial charge in [0.1, 0.15) is 0 Å². The molecule has 0 spiro atoms. The quantitative estimate of drug-likeness (QED) is 0.896. The predicted molar refractivity (Wildman–Crippen MR) is 73.3 cm³/mol. The average molecular weight is 279 g/mol. The summed E-state index contributed by atoms with van der Waals surface area (Å²) < 4.78 is 26.5. The number of carbonyl (C=O) groups is 1.